The van der Waals surface area contributed by atoms with Crippen molar-refractivity contribution in [2.75, 3.05) is 12.5 Å². The molecule has 0 unspecified atom stereocenters. The lowest BCUT2D eigenvalue weighted by molar-refractivity contribution is 0.174. The number of thiazole rings is 1. The van der Waals surface area contributed by atoms with E-state index in [0.29, 0.717) is 11.7 Å². The summed E-state index contributed by atoms with van der Waals surface area (Å²) in [7, 11) is 0. The maximum absolute atomic E-state index is 6.29. The van der Waals surface area contributed by atoms with E-state index in [9.17, 15) is 0 Å². The van der Waals surface area contributed by atoms with Gasteiger partial charge in [-0.05, 0) is 24.1 Å². The summed E-state index contributed by atoms with van der Waals surface area (Å²) in [6.07, 6.45) is 0. The number of rotatable bonds is 2. The van der Waals surface area contributed by atoms with Crippen molar-refractivity contribution in [2.45, 2.75) is 19.8 Å². The van der Waals surface area contributed by atoms with E-state index < -0.39 is 0 Å². The third-order valence-corrected chi connectivity index (χ3v) is 4.47. The summed E-state index contributed by atoms with van der Waals surface area (Å²) in [4.78, 5) is 5.55. The number of nitrogens with two attached hydrogens (primary N) is 1. The molecule has 6 heteroatoms. The Hall–Kier alpha value is -2.21. The molecule has 0 bridgehead atoms. The molecule has 1 aliphatic heterocycles. The predicted octanol–water partition coefficient (Wildman–Crippen LogP) is 3.50. The maximum atomic E-state index is 6.29. The van der Waals surface area contributed by atoms with Crippen molar-refractivity contribution in [3.8, 4) is 22.8 Å². The van der Waals surface area contributed by atoms with Crippen LogP contribution < -0.4 is 15.2 Å². The lowest BCUT2D eigenvalue weighted by atomic mass is 10.1. The van der Waals surface area contributed by atoms with E-state index in [1.165, 1.54) is 0 Å². The third kappa shape index (κ3) is 1.79. The molecule has 3 heterocycles. The molecule has 108 valence electrons. The second kappa shape index (κ2) is 4.39. The van der Waals surface area contributed by atoms with E-state index in [2.05, 4.69) is 24.2 Å². The molecule has 0 saturated carbocycles. The Morgan fingerprint density at radius 1 is 1.29 bits per heavy atom. The van der Waals surface area contributed by atoms with Gasteiger partial charge < -0.3 is 15.2 Å². The van der Waals surface area contributed by atoms with E-state index in [1.54, 1.807) is 11.3 Å². The summed E-state index contributed by atoms with van der Waals surface area (Å²) in [5.74, 6) is 2.58. The molecule has 0 spiro atoms. The van der Waals surface area contributed by atoms with Gasteiger partial charge in [0.25, 0.3) is 0 Å². The molecular weight excluding hydrogens is 286 g/mol. The van der Waals surface area contributed by atoms with Crippen LogP contribution in [0.3, 0.4) is 0 Å². The predicted molar refractivity (Wildman–Crippen MR) is 83.1 cm³/mol. The third-order valence-electron chi connectivity index (χ3n) is 3.64. The van der Waals surface area contributed by atoms with Gasteiger partial charge in [0.05, 0.1) is 11.4 Å². The highest BCUT2D eigenvalue weighted by molar-refractivity contribution is 7.15. The molecular formula is C15H15N3O2S. The Morgan fingerprint density at radius 3 is 2.90 bits per heavy atom. The smallest absolute Gasteiger partial charge is 0.231 e. The van der Waals surface area contributed by atoms with Gasteiger partial charge in [-0.3, -0.25) is 4.40 Å². The van der Waals surface area contributed by atoms with E-state index in [-0.39, 0.29) is 6.79 Å². The number of anilines is 1. The van der Waals surface area contributed by atoms with Crippen molar-refractivity contribution in [3.63, 3.8) is 0 Å². The van der Waals surface area contributed by atoms with Gasteiger partial charge >= 0.3 is 0 Å². The Balaban J connectivity index is 1.90. The topological polar surface area (TPSA) is 61.8 Å². The van der Waals surface area contributed by atoms with Gasteiger partial charge in [-0.15, -0.1) is 11.3 Å². The zero-order valence-electron chi connectivity index (χ0n) is 11.8. The summed E-state index contributed by atoms with van der Waals surface area (Å²) in [5.41, 5.74) is 9.31. The fourth-order valence-electron chi connectivity index (χ4n) is 2.58. The molecule has 0 saturated heterocycles. The van der Waals surface area contributed by atoms with Gasteiger partial charge in [-0.1, -0.05) is 13.8 Å². The first kappa shape index (κ1) is 12.5. The number of ether oxygens (including phenoxy) is 2. The van der Waals surface area contributed by atoms with Crippen molar-refractivity contribution in [3.05, 3.63) is 29.3 Å². The minimum absolute atomic E-state index is 0.280. The monoisotopic (exact) mass is 301 g/mol. The molecule has 21 heavy (non-hydrogen) atoms. The molecule has 3 aromatic rings. The van der Waals surface area contributed by atoms with Crippen LogP contribution in [0.25, 0.3) is 16.2 Å². The van der Waals surface area contributed by atoms with Crippen molar-refractivity contribution < 1.29 is 9.47 Å². The normalized spacial score (nSPS) is 13.5. The lowest BCUT2D eigenvalue weighted by Crippen LogP contribution is -1.98. The molecule has 0 radical (unpaired) electrons. The molecule has 0 amide bonds. The fraction of sp³-hybridized carbons (Fsp3) is 0.267. The van der Waals surface area contributed by atoms with E-state index in [0.717, 1.165) is 33.4 Å². The van der Waals surface area contributed by atoms with Crippen molar-refractivity contribution in [1.82, 2.24) is 9.38 Å². The molecule has 1 aliphatic rings. The van der Waals surface area contributed by atoms with Gasteiger partial charge in [0, 0.05) is 10.9 Å². The highest BCUT2D eigenvalue weighted by Crippen LogP contribution is 2.38. The summed E-state index contributed by atoms with van der Waals surface area (Å²) < 4.78 is 12.8. The summed E-state index contributed by atoms with van der Waals surface area (Å²) in [5, 5.41) is 2.07. The molecule has 2 N–H and O–H groups in total. The SMILES string of the molecule is CC(C)c1nc2scc(-c3ccc4c(c3)OCO4)n2c1N. The van der Waals surface area contributed by atoms with E-state index in [1.807, 2.05) is 22.6 Å². The van der Waals surface area contributed by atoms with Crippen LogP contribution in [0.1, 0.15) is 25.5 Å². The molecule has 5 nitrogen and oxygen atoms in total. The zero-order valence-corrected chi connectivity index (χ0v) is 12.6. The van der Waals surface area contributed by atoms with Crippen LogP contribution in [0, 0.1) is 0 Å². The van der Waals surface area contributed by atoms with Crippen LogP contribution in [0.15, 0.2) is 23.6 Å². The first-order valence-corrected chi connectivity index (χ1v) is 7.68. The highest BCUT2D eigenvalue weighted by Gasteiger charge is 2.19. The first-order chi connectivity index (χ1) is 10.1. The van der Waals surface area contributed by atoms with Crippen molar-refractivity contribution in [1.29, 1.82) is 0 Å². The van der Waals surface area contributed by atoms with Gasteiger partial charge in [0.2, 0.25) is 6.79 Å². The van der Waals surface area contributed by atoms with Crippen LogP contribution in [-0.2, 0) is 0 Å². The fourth-order valence-corrected chi connectivity index (χ4v) is 3.49. The van der Waals surface area contributed by atoms with Gasteiger partial charge in [0.1, 0.15) is 5.82 Å². The number of fused-ring (bicyclic) bond motifs is 2. The average Bonchev–Trinajstić information content (AvgIpc) is 3.14. The highest BCUT2D eigenvalue weighted by atomic mass is 32.1. The largest absolute Gasteiger partial charge is 0.454 e. The second-order valence-corrected chi connectivity index (χ2v) is 6.18. The minimum Gasteiger partial charge on any atom is -0.454 e. The number of imidazole rings is 1. The standard InChI is InChI=1S/C15H15N3O2S/c1-8(2)13-14(16)18-10(6-21-15(18)17-13)9-3-4-11-12(5-9)20-7-19-11/h3-6,8H,7,16H2,1-2H3. The Bertz CT molecular complexity index is 835. The number of nitrogen functional groups attached to an aromatic ring is 1. The zero-order chi connectivity index (χ0) is 14.6. The first-order valence-electron chi connectivity index (χ1n) is 6.80. The number of hydrogen-bond donors (Lipinski definition) is 1. The van der Waals surface area contributed by atoms with Crippen LogP contribution in [0.2, 0.25) is 0 Å². The Morgan fingerprint density at radius 2 is 2.10 bits per heavy atom. The summed E-state index contributed by atoms with van der Waals surface area (Å²) in [6, 6.07) is 5.93. The molecule has 4 rings (SSSR count). The molecule has 0 fully saturated rings. The average molecular weight is 301 g/mol. The lowest BCUT2D eigenvalue weighted by Gasteiger charge is -2.05. The maximum Gasteiger partial charge on any atom is 0.231 e. The van der Waals surface area contributed by atoms with Crippen LogP contribution in [0.5, 0.6) is 11.5 Å². The molecule has 0 aliphatic carbocycles. The number of benzene rings is 1. The Labute approximate surface area is 125 Å². The van der Waals surface area contributed by atoms with Crippen LogP contribution in [-0.4, -0.2) is 16.2 Å². The number of nitrogens with zero attached hydrogens (tertiary/aromatic N) is 2. The van der Waals surface area contributed by atoms with Crippen molar-refractivity contribution in [2.24, 2.45) is 0 Å². The van der Waals surface area contributed by atoms with Gasteiger partial charge in [0.15, 0.2) is 16.5 Å². The summed E-state index contributed by atoms with van der Waals surface area (Å²) in [6.45, 7) is 4.48. The Kier molecular flexibility index (Phi) is 2.62. The van der Waals surface area contributed by atoms with Gasteiger partial charge in [-0.2, -0.15) is 0 Å². The molecule has 0 atom stereocenters. The summed E-state index contributed by atoms with van der Waals surface area (Å²) >= 11 is 1.59. The van der Waals surface area contributed by atoms with Crippen LogP contribution in [0.4, 0.5) is 5.82 Å². The number of hydrogen-bond acceptors (Lipinski definition) is 5. The second-order valence-electron chi connectivity index (χ2n) is 5.34. The quantitative estimate of drug-likeness (QED) is 0.787. The van der Waals surface area contributed by atoms with E-state index >= 15 is 0 Å². The number of aromatic nitrogens is 2. The molecule has 1 aromatic carbocycles. The van der Waals surface area contributed by atoms with E-state index in [4.69, 9.17) is 15.2 Å². The van der Waals surface area contributed by atoms with Crippen LogP contribution >= 0.6 is 11.3 Å². The van der Waals surface area contributed by atoms with Crippen molar-refractivity contribution >= 4 is 22.1 Å². The molecule has 2 aromatic heterocycles. The van der Waals surface area contributed by atoms with Gasteiger partial charge in [-0.25, -0.2) is 4.98 Å². The minimum atomic E-state index is 0.280.